The second-order valence-corrected chi connectivity index (χ2v) is 6.34. The van der Waals surface area contributed by atoms with Crippen LogP contribution in [0.25, 0.3) is 0 Å². The summed E-state index contributed by atoms with van der Waals surface area (Å²) in [5, 5.41) is 5.22. The summed E-state index contributed by atoms with van der Waals surface area (Å²) in [6.07, 6.45) is 3.71. The maximum atomic E-state index is 6.38. The van der Waals surface area contributed by atoms with Crippen molar-refractivity contribution in [3.8, 4) is 0 Å². The Hall–Kier alpha value is -1.39. The number of aryl methyl sites for hydroxylation is 3. The normalized spacial score (nSPS) is 12.9. The maximum absolute atomic E-state index is 6.38. The molecule has 2 rings (SSSR count). The highest BCUT2D eigenvalue weighted by atomic mass is 35.5. The van der Waals surface area contributed by atoms with E-state index in [1.807, 2.05) is 19.3 Å². The molecule has 0 saturated heterocycles. The number of rotatable bonds is 6. The number of hydrogen-bond acceptors (Lipinski definition) is 3. The average Bonchev–Trinajstić information content (AvgIpc) is 2.75. The van der Waals surface area contributed by atoms with Crippen molar-refractivity contribution in [2.45, 2.75) is 46.2 Å². The predicted octanol–water partition coefficient (Wildman–Crippen LogP) is 3.40. The zero-order valence-electron chi connectivity index (χ0n) is 14.1. The third-order valence-electron chi connectivity index (χ3n) is 4.12. The van der Waals surface area contributed by atoms with Crippen molar-refractivity contribution in [2.75, 3.05) is 7.05 Å². The quantitative estimate of drug-likeness (QED) is 0.818. The van der Waals surface area contributed by atoms with Gasteiger partial charge in [0.1, 0.15) is 5.15 Å². The van der Waals surface area contributed by atoms with Crippen LogP contribution in [-0.4, -0.2) is 32.8 Å². The summed E-state index contributed by atoms with van der Waals surface area (Å²) in [7, 11) is 4.02. The minimum atomic E-state index is 0.385. The monoisotopic (exact) mass is 320 g/mol. The Morgan fingerprint density at radius 1 is 1.41 bits per heavy atom. The van der Waals surface area contributed by atoms with Crippen molar-refractivity contribution >= 4 is 11.6 Å². The van der Waals surface area contributed by atoms with Crippen LogP contribution in [0.1, 0.15) is 36.4 Å². The summed E-state index contributed by atoms with van der Waals surface area (Å²) in [6.45, 7) is 7.24. The average molecular weight is 321 g/mol. The van der Waals surface area contributed by atoms with Gasteiger partial charge in [-0.15, -0.1) is 0 Å². The van der Waals surface area contributed by atoms with Crippen LogP contribution in [0.4, 0.5) is 0 Å². The molecule has 0 bridgehead atoms. The van der Waals surface area contributed by atoms with Gasteiger partial charge in [0.25, 0.3) is 0 Å². The molecule has 2 aromatic rings. The van der Waals surface area contributed by atoms with Gasteiger partial charge in [-0.2, -0.15) is 5.10 Å². The van der Waals surface area contributed by atoms with Gasteiger partial charge in [-0.3, -0.25) is 14.6 Å². The number of aromatic nitrogens is 3. The lowest BCUT2D eigenvalue weighted by atomic mass is 10.1. The molecule has 4 nitrogen and oxygen atoms in total. The minimum absolute atomic E-state index is 0.385. The van der Waals surface area contributed by atoms with Crippen LogP contribution in [0, 0.1) is 6.92 Å². The zero-order chi connectivity index (χ0) is 16.3. The van der Waals surface area contributed by atoms with E-state index in [1.165, 1.54) is 5.56 Å². The third-order valence-corrected chi connectivity index (χ3v) is 4.60. The number of halogens is 1. The Balaban J connectivity index is 2.07. The van der Waals surface area contributed by atoms with Crippen LogP contribution in [0.15, 0.2) is 18.3 Å². The maximum Gasteiger partial charge on any atom is 0.131 e. The first-order valence-corrected chi connectivity index (χ1v) is 8.12. The Labute approximate surface area is 138 Å². The van der Waals surface area contributed by atoms with E-state index < -0.39 is 0 Å². The summed E-state index contributed by atoms with van der Waals surface area (Å²) in [4.78, 5) is 6.77. The molecule has 2 aromatic heterocycles. The largest absolute Gasteiger partial charge is 0.299 e. The lowest BCUT2D eigenvalue weighted by Crippen LogP contribution is -2.31. The molecule has 120 valence electrons. The molecule has 0 radical (unpaired) electrons. The molecular weight excluding hydrogens is 296 g/mol. The zero-order valence-corrected chi connectivity index (χ0v) is 14.9. The fraction of sp³-hybridized carbons (Fsp3) is 0.529. The number of hydrogen-bond donors (Lipinski definition) is 0. The third kappa shape index (κ3) is 3.87. The lowest BCUT2D eigenvalue weighted by Gasteiger charge is -2.24. The molecule has 5 heteroatoms. The van der Waals surface area contributed by atoms with Crippen LogP contribution in [0.5, 0.6) is 0 Å². The van der Waals surface area contributed by atoms with E-state index in [0.717, 1.165) is 41.5 Å². The van der Waals surface area contributed by atoms with Gasteiger partial charge in [0, 0.05) is 43.5 Å². The van der Waals surface area contributed by atoms with E-state index in [2.05, 4.69) is 48.9 Å². The molecule has 1 atom stereocenters. The number of nitrogens with zero attached hydrogens (tertiary/aromatic N) is 4. The Bertz CT molecular complexity index is 636. The van der Waals surface area contributed by atoms with Crippen molar-refractivity contribution in [1.29, 1.82) is 0 Å². The van der Waals surface area contributed by atoms with Gasteiger partial charge in [0.15, 0.2) is 0 Å². The minimum Gasteiger partial charge on any atom is -0.299 e. The second kappa shape index (κ2) is 7.25. The highest BCUT2D eigenvalue weighted by molar-refractivity contribution is 6.30. The molecule has 2 heterocycles. The molecule has 0 fully saturated rings. The highest BCUT2D eigenvalue weighted by Crippen LogP contribution is 2.22. The van der Waals surface area contributed by atoms with Crippen LogP contribution in [0.3, 0.4) is 0 Å². The summed E-state index contributed by atoms with van der Waals surface area (Å²) >= 11 is 6.38. The van der Waals surface area contributed by atoms with Gasteiger partial charge in [-0.1, -0.05) is 18.5 Å². The fourth-order valence-electron chi connectivity index (χ4n) is 2.61. The van der Waals surface area contributed by atoms with E-state index in [1.54, 1.807) is 4.68 Å². The highest BCUT2D eigenvalue weighted by Gasteiger charge is 2.18. The van der Waals surface area contributed by atoms with E-state index in [0.29, 0.717) is 6.04 Å². The lowest BCUT2D eigenvalue weighted by molar-refractivity contribution is 0.246. The van der Waals surface area contributed by atoms with Crippen LogP contribution < -0.4 is 0 Å². The molecule has 0 saturated carbocycles. The SMILES string of the molecule is CCc1nn(C)c(Cl)c1CN(C)C(C)Cc1cc(C)ccn1. The summed E-state index contributed by atoms with van der Waals surface area (Å²) < 4.78 is 1.76. The Morgan fingerprint density at radius 2 is 2.14 bits per heavy atom. The van der Waals surface area contributed by atoms with Gasteiger partial charge in [0.2, 0.25) is 0 Å². The van der Waals surface area contributed by atoms with Crippen molar-refractivity contribution in [1.82, 2.24) is 19.7 Å². The van der Waals surface area contributed by atoms with Crippen molar-refractivity contribution in [2.24, 2.45) is 7.05 Å². The van der Waals surface area contributed by atoms with Gasteiger partial charge in [-0.05, 0) is 45.0 Å². The summed E-state index contributed by atoms with van der Waals surface area (Å²) in [5.74, 6) is 0. The molecule has 0 aliphatic carbocycles. The van der Waals surface area contributed by atoms with E-state index in [9.17, 15) is 0 Å². The smallest absolute Gasteiger partial charge is 0.131 e. The van der Waals surface area contributed by atoms with Crippen molar-refractivity contribution in [3.63, 3.8) is 0 Å². The van der Waals surface area contributed by atoms with E-state index in [-0.39, 0.29) is 0 Å². The van der Waals surface area contributed by atoms with E-state index >= 15 is 0 Å². The van der Waals surface area contributed by atoms with Gasteiger partial charge >= 0.3 is 0 Å². The van der Waals surface area contributed by atoms with Gasteiger partial charge in [0.05, 0.1) is 5.69 Å². The summed E-state index contributed by atoms with van der Waals surface area (Å²) in [5.41, 5.74) is 4.61. The molecule has 0 aliphatic heterocycles. The second-order valence-electron chi connectivity index (χ2n) is 5.99. The fourth-order valence-corrected chi connectivity index (χ4v) is 2.82. The Kier molecular flexibility index (Phi) is 5.59. The molecule has 1 unspecified atom stereocenters. The number of pyridine rings is 1. The van der Waals surface area contributed by atoms with Gasteiger partial charge < -0.3 is 0 Å². The van der Waals surface area contributed by atoms with Gasteiger partial charge in [-0.25, -0.2) is 0 Å². The van der Waals surface area contributed by atoms with Crippen LogP contribution in [-0.2, 0) is 26.4 Å². The molecule has 22 heavy (non-hydrogen) atoms. The number of likely N-dealkylation sites (N-methyl/N-ethyl adjacent to an activating group) is 1. The topological polar surface area (TPSA) is 34.0 Å². The first-order chi connectivity index (χ1) is 10.4. The van der Waals surface area contributed by atoms with E-state index in [4.69, 9.17) is 11.6 Å². The molecule has 0 spiro atoms. The molecule has 0 N–H and O–H groups in total. The molecule has 0 aromatic carbocycles. The first-order valence-electron chi connectivity index (χ1n) is 7.74. The van der Waals surface area contributed by atoms with Crippen molar-refractivity contribution < 1.29 is 0 Å². The first kappa shape index (κ1) is 17.0. The van der Waals surface area contributed by atoms with Crippen LogP contribution >= 0.6 is 11.6 Å². The Morgan fingerprint density at radius 3 is 2.77 bits per heavy atom. The summed E-state index contributed by atoms with van der Waals surface area (Å²) in [6, 6.07) is 4.56. The van der Waals surface area contributed by atoms with Crippen LogP contribution in [0.2, 0.25) is 5.15 Å². The standard InChI is InChI=1S/C17H25ClN4/c1-6-16-15(17(18)22(5)20-16)11-21(4)13(3)10-14-9-12(2)7-8-19-14/h7-9,13H,6,10-11H2,1-5H3. The van der Waals surface area contributed by atoms with Crippen molar-refractivity contribution in [3.05, 3.63) is 46.0 Å². The molecule has 0 aliphatic rings. The molecular formula is C17H25ClN4. The molecule has 0 amide bonds. The predicted molar refractivity (Wildman–Crippen MR) is 91.2 cm³/mol.